The second-order valence-electron chi connectivity index (χ2n) is 5.22. The highest BCUT2D eigenvalue weighted by Gasteiger charge is 2.38. The number of likely N-dealkylation sites (tertiary alicyclic amines) is 1. The third-order valence-corrected chi connectivity index (χ3v) is 3.98. The molecular weight excluding hydrogens is 242 g/mol. The van der Waals surface area contributed by atoms with Gasteiger partial charge in [0.1, 0.15) is 0 Å². The van der Waals surface area contributed by atoms with Crippen LogP contribution in [0.25, 0.3) is 0 Å². The summed E-state index contributed by atoms with van der Waals surface area (Å²) in [5.41, 5.74) is 1.23. The van der Waals surface area contributed by atoms with Crippen molar-refractivity contribution >= 4 is 5.97 Å². The summed E-state index contributed by atoms with van der Waals surface area (Å²) in [6.07, 6.45) is 0. The third-order valence-electron chi connectivity index (χ3n) is 3.98. The molecule has 1 aromatic carbocycles. The fourth-order valence-corrected chi connectivity index (χ4v) is 2.57. The normalized spacial score (nSPS) is 19.7. The van der Waals surface area contributed by atoms with Crippen molar-refractivity contribution in [3.05, 3.63) is 35.9 Å². The molecule has 1 N–H and O–H groups in total. The fourth-order valence-electron chi connectivity index (χ4n) is 2.57. The molecule has 2 unspecified atom stereocenters. The number of carboxylic acid groups (broad SMARTS) is 1. The van der Waals surface area contributed by atoms with Gasteiger partial charge in [0.25, 0.3) is 0 Å². The number of benzene rings is 1. The molecule has 1 aliphatic heterocycles. The Bertz CT molecular complexity index is 415. The average molecular weight is 263 g/mol. The van der Waals surface area contributed by atoms with Crippen LogP contribution in [0.5, 0.6) is 0 Å². The Labute approximate surface area is 114 Å². The number of hydrogen-bond acceptors (Lipinski definition) is 3. The molecule has 1 fully saturated rings. The van der Waals surface area contributed by atoms with Gasteiger partial charge in [0.05, 0.1) is 18.6 Å². The van der Waals surface area contributed by atoms with Gasteiger partial charge >= 0.3 is 5.97 Å². The van der Waals surface area contributed by atoms with Gasteiger partial charge in [-0.25, -0.2) is 0 Å². The van der Waals surface area contributed by atoms with Crippen molar-refractivity contribution in [1.82, 2.24) is 4.90 Å². The van der Waals surface area contributed by atoms with Gasteiger partial charge in [-0.15, -0.1) is 0 Å². The Morgan fingerprint density at radius 2 is 2.05 bits per heavy atom. The Morgan fingerprint density at radius 1 is 1.42 bits per heavy atom. The third kappa shape index (κ3) is 3.14. The Morgan fingerprint density at radius 3 is 2.58 bits per heavy atom. The first-order valence-electron chi connectivity index (χ1n) is 6.64. The zero-order valence-corrected chi connectivity index (χ0v) is 11.5. The maximum atomic E-state index is 11.0. The number of carboxylic acids is 1. The van der Waals surface area contributed by atoms with Gasteiger partial charge in [0.15, 0.2) is 0 Å². The van der Waals surface area contributed by atoms with Crippen molar-refractivity contribution < 1.29 is 14.6 Å². The lowest BCUT2D eigenvalue weighted by molar-refractivity contribution is -0.146. The summed E-state index contributed by atoms with van der Waals surface area (Å²) in [7, 11) is 1.70. The number of hydrogen-bond donors (Lipinski definition) is 1. The average Bonchev–Trinajstić information content (AvgIpc) is 2.36. The van der Waals surface area contributed by atoms with Gasteiger partial charge in [-0.2, -0.15) is 0 Å². The van der Waals surface area contributed by atoms with Gasteiger partial charge in [-0.05, 0) is 11.5 Å². The van der Waals surface area contributed by atoms with E-state index < -0.39 is 5.97 Å². The summed E-state index contributed by atoms with van der Waals surface area (Å²) in [5, 5.41) is 9.02. The molecular formula is C15H21NO3. The highest BCUT2D eigenvalue weighted by molar-refractivity contribution is 5.70. The molecule has 19 heavy (non-hydrogen) atoms. The molecule has 1 aromatic rings. The van der Waals surface area contributed by atoms with Crippen LogP contribution in [-0.4, -0.2) is 42.8 Å². The summed E-state index contributed by atoms with van der Waals surface area (Å²) in [4.78, 5) is 13.3. The molecule has 1 heterocycles. The highest BCUT2D eigenvalue weighted by Crippen LogP contribution is 2.32. The van der Waals surface area contributed by atoms with Crippen molar-refractivity contribution in [1.29, 1.82) is 0 Å². The summed E-state index contributed by atoms with van der Waals surface area (Å²) >= 11 is 0. The smallest absolute Gasteiger partial charge is 0.306 e. The van der Waals surface area contributed by atoms with Crippen LogP contribution >= 0.6 is 0 Å². The molecule has 0 spiro atoms. The Hall–Kier alpha value is -1.39. The summed E-state index contributed by atoms with van der Waals surface area (Å²) in [6.45, 7) is 4.09. The molecule has 0 radical (unpaired) electrons. The first-order valence-corrected chi connectivity index (χ1v) is 6.64. The monoisotopic (exact) mass is 263 g/mol. The fraction of sp³-hybridized carbons (Fsp3) is 0.533. The number of ether oxygens (including phenoxy) is 1. The standard InChI is InChI=1S/C15H21NO3/c1-11(15(17)18)13-8-16(9-13)14(10-19-2)12-6-4-3-5-7-12/h3-7,11,13-14H,8-10H2,1-2H3,(H,17,18). The van der Waals surface area contributed by atoms with E-state index >= 15 is 0 Å². The van der Waals surface area contributed by atoms with E-state index in [0.29, 0.717) is 6.61 Å². The second-order valence-corrected chi connectivity index (χ2v) is 5.22. The van der Waals surface area contributed by atoms with E-state index in [9.17, 15) is 4.79 Å². The number of rotatable bonds is 6. The van der Waals surface area contributed by atoms with Gasteiger partial charge < -0.3 is 9.84 Å². The molecule has 4 heteroatoms. The van der Waals surface area contributed by atoms with E-state index in [2.05, 4.69) is 17.0 Å². The lowest BCUT2D eigenvalue weighted by Crippen LogP contribution is -2.53. The molecule has 0 bridgehead atoms. The topological polar surface area (TPSA) is 49.8 Å². The van der Waals surface area contributed by atoms with E-state index in [0.717, 1.165) is 13.1 Å². The molecule has 2 atom stereocenters. The lowest BCUT2D eigenvalue weighted by Gasteiger charge is -2.45. The number of methoxy groups -OCH3 is 1. The molecule has 1 saturated heterocycles. The first-order chi connectivity index (χ1) is 9.13. The van der Waals surface area contributed by atoms with Crippen molar-refractivity contribution in [3.63, 3.8) is 0 Å². The summed E-state index contributed by atoms with van der Waals surface area (Å²) < 4.78 is 5.30. The molecule has 2 rings (SSSR count). The minimum Gasteiger partial charge on any atom is -0.481 e. The molecule has 0 amide bonds. The van der Waals surface area contributed by atoms with Crippen molar-refractivity contribution in [2.24, 2.45) is 11.8 Å². The van der Waals surface area contributed by atoms with Crippen molar-refractivity contribution in [2.75, 3.05) is 26.8 Å². The molecule has 0 aromatic heterocycles. The van der Waals surface area contributed by atoms with E-state index in [1.165, 1.54) is 5.56 Å². The molecule has 0 saturated carbocycles. The quantitative estimate of drug-likeness (QED) is 0.853. The number of aliphatic carboxylic acids is 1. The van der Waals surface area contributed by atoms with E-state index in [1.807, 2.05) is 18.2 Å². The van der Waals surface area contributed by atoms with Gasteiger partial charge in [-0.1, -0.05) is 37.3 Å². The van der Waals surface area contributed by atoms with E-state index in [1.54, 1.807) is 14.0 Å². The summed E-state index contributed by atoms with van der Waals surface area (Å²) in [5.74, 6) is -0.719. The van der Waals surface area contributed by atoms with Crippen LogP contribution in [0, 0.1) is 11.8 Å². The van der Waals surface area contributed by atoms with Crippen LogP contribution in [0.2, 0.25) is 0 Å². The van der Waals surface area contributed by atoms with E-state index in [4.69, 9.17) is 9.84 Å². The first kappa shape index (κ1) is 14.0. The predicted molar refractivity (Wildman–Crippen MR) is 72.9 cm³/mol. The van der Waals surface area contributed by atoms with Crippen LogP contribution in [-0.2, 0) is 9.53 Å². The van der Waals surface area contributed by atoms with Crippen LogP contribution in [0.15, 0.2) is 30.3 Å². The zero-order valence-electron chi connectivity index (χ0n) is 11.5. The van der Waals surface area contributed by atoms with Gasteiger partial charge in [0, 0.05) is 20.2 Å². The zero-order chi connectivity index (χ0) is 13.8. The van der Waals surface area contributed by atoms with Crippen molar-refractivity contribution in [2.45, 2.75) is 13.0 Å². The Kier molecular flexibility index (Phi) is 4.56. The minimum absolute atomic E-state index is 0.225. The maximum Gasteiger partial charge on any atom is 0.306 e. The SMILES string of the molecule is COCC(c1ccccc1)N1CC(C(C)C(=O)O)C1. The lowest BCUT2D eigenvalue weighted by atomic mass is 9.85. The van der Waals surface area contributed by atoms with E-state index in [-0.39, 0.29) is 17.9 Å². The molecule has 4 nitrogen and oxygen atoms in total. The van der Waals surface area contributed by atoms with Gasteiger partial charge in [0.2, 0.25) is 0 Å². The predicted octanol–water partition coefficient (Wildman–Crippen LogP) is 2.03. The minimum atomic E-state index is -0.701. The van der Waals surface area contributed by atoms with Crippen molar-refractivity contribution in [3.8, 4) is 0 Å². The van der Waals surface area contributed by atoms with Crippen LogP contribution in [0.3, 0.4) is 0 Å². The molecule has 1 aliphatic rings. The van der Waals surface area contributed by atoms with Crippen LogP contribution in [0.4, 0.5) is 0 Å². The Balaban J connectivity index is 1.98. The highest BCUT2D eigenvalue weighted by atomic mass is 16.5. The van der Waals surface area contributed by atoms with Crippen LogP contribution in [0.1, 0.15) is 18.5 Å². The second kappa shape index (κ2) is 6.17. The van der Waals surface area contributed by atoms with Gasteiger partial charge in [-0.3, -0.25) is 9.69 Å². The van der Waals surface area contributed by atoms with Crippen LogP contribution < -0.4 is 0 Å². The largest absolute Gasteiger partial charge is 0.481 e. The maximum absolute atomic E-state index is 11.0. The number of carbonyl (C=O) groups is 1. The molecule has 104 valence electrons. The number of nitrogens with zero attached hydrogens (tertiary/aromatic N) is 1. The molecule has 0 aliphatic carbocycles. The summed E-state index contributed by atoms with van der Waals surface area (Å²) in [6, 6.07) is 10.5.